The third-order valence-corrected chi connectivity index (χ3v) is 4.96. The van der Waals surface area contributed by atoms with Crippen LogP contribution in [0.15, 0.2) is 47.4 Å². The van der Waals surface area contributed by atoms with Crippen molar-refractivity contribution in [2.45, 2.75) is 17.1 Å². The van der Waals surface area contributed by atoms with Crippen molar-refractivity contribution >= 4 is 46.6 Å². The van der Waals surface area contributed by atoms with E-state index in [-0.39, 0.29) is 23.4 Å². The van der Waals surface area contributed by atoms with E-state index in [0.29, 0.717) is 16.3 Å². The highest BCUT2D eigenvalue weighted by atomic mass is 35.5. The van der Waals surface area contributed by atoms with Crippen molar-refractivity contribution in [3.63, 3.8) is 0 Å². The van der Waals surface area contributed by atoms with Gasteiger partial charge < -0.3 is 5.32 Å². The number of halogens is 2. The number of amides is 2. The molecule has 1 aliphatic heterocycles. The summed E-state index contributed by atoms with van der Waals surface area (Å²) in [7, 11) is 0. The van der Waals surface area contributed by atoms with Crippen LogP contribution < -0.4 is 10.2 Å². The van der Waals surface area contributed by atoms with Gasteiger partial charge in [-0.2, -0.15) is 0 Å². The molecule has 7 heteroatoms. The van der Waals surface area contributed by atoms with E-state index in [4.69, 9.17) is 11.6 Å². The molecule has 2 aromatic rings. The molecule has 1 N–H and O–H groups in total. The molecular formula is C17H14ClFN2O2S. The fourth-order valence-electron chi connectivity index (χ4n) is 2.45. The average Bonchev–Trinajstić information content (AvgIpc) is 2.56. The van der Waals surface area contributed by atoms with Gasteiger partial charge in [0.15, 0.2) is 0 Å². The molecule has 124 valence electrons. The van der Waals surface area contributed by atoms with Crippen LogP contribution in [0.1, 0.15) is 6.92 Å². The first-order valence-corrected chi connectivity index (χ1v) is 8.53. The van der Waals surface area contributed by atoms with E-state index < -0.39 is 11.1 Å². The normalized spacial score (nSPS) is 14.8. The Morgan fingerprint density at radius 1 is 1.33 bits per heavy atom. The SMILES string of the molecule is C[C@@H](Sc1ccc(F)c(Cl)c1)C(=O)N1CC(=O)Nc2ccccc21. The molecule has 0 aromatic heterocycles. The first-order chi connectivity index (χ1) is 11.5. The molecule has 0 unspecified atom stereocenters. The third kappa shape index (κ3) is 3.39. The Morgan fingerprint density at radius 3 is 2.83 bits per heavy atom. The second-order valence-electron chi connectivity index (χ2n) is 5.33. The van der Waals surface area contributed by atoms with Crippen LogP contribution in [0, 0.1) is 5.82 Å². The van der Waals surface area contributed by atoms with E-state index in [1.165, 1.54) is 28.8 Å². The van der Waals surface area contributed by atoms with Crippen molar-refractivity contribution in [1.82, 2.24) is 0 Å². The average molecular weight is 365 g/mol. The quantitative estimate of drug-likeness (QED) is 0.839. The molecule has 0 radical (unpaired) electrons. The molecule has 1 atom stereocenters. The summed E-state index contributed by atoms with van der Waals surface area (Å²) in [5.74, 6) is -0.923. The Bertz CT molecular complexity index is 815. The number of hydrogen-bond acceptors (Lipinski definition) is 3. The van der Waals surface area contributed by atoms with Crippen molar-refractivity contribution in [3.8, 4) is 0 Å². The first kappa shape index (κ1) is 16.8. The lowest BCUT2D eigenvalue weighted by Crippen LogP contribution is -2.45. The molecule has 0 bridgehead atoms. The second-order valence-corrected chi connectivity index (χ2v) is 7.15. The highest BCUT2D eigenvalue weighted by molar-refractivity contribution is 8.00. The minimum Gasteiger partial charge on any atom is -0.323 e. The van der Waals surface area contributed by atoms with E-state index >= 15 is 0 Å². The number of hydrogen-bond donors (Lipinski definition) is 1. The summed E-state index contributed by atoms with van der Waals surface area (Å²) in [5.41, 5.74) is 1.29. The van der Waals surface area contributed by atoms with Gasteiger partial charge in [0.05, 0.1) is 21.6 Å². The zero-order valence-electron chi connectivity index (χ0n) is 12.8. The predicted octanol–water partition coefficient (Wildman–Crippen LogP) is 3.95. The van der Waals surface area contributed by atoms with Gasteiger partial charge >= 0.3 is 0 Å². The van der Waals surface area contributed by atoms with Crippen molar-refractivity contribution in [2.75, 3.05) is 16.8 Å². The lowest BCUT2D eigenvalue weighted by Gasteiger charge is -2.30. The first-order valence-electron chi connectivity index (χ1n) is 7.27. The van der Waals surface area contributed by atoms with E-state index in [0.717, 1.165) is 0 Å². The highest BCUT2D eigenvalue weighted by Gasteiger charge is 2.30. The van der Waals surface area contributed by atoms with Crippen LogP contribution in [0.2, 0.25) is 5.02 Å². The summed E-state index contributed by atoms with van der Waals surface area (Å²) in [6, 6.07) is 11.5. The van der Waals surface area contributed by atoms with Crippen LogP contribution in [-0.2, 0) is 9.59 Å². The molecular weight excluding hydrogens is 351 g/mol. The molecule has 0 saturated carbocycles. The van der Waals surface area contributed by atoms with Crippen molar-refractivity contribution in [3.05, 3.63) is 53.3 Å². The zero-order valence-corrected chi connectivity index (χ0v) is 14.3. The minimum atomic E-state index is -0.498. The summed E-state index contributed by atoms with van der Waals surface area (Å²) in [5, 5.41) is 2.31. The van der Waals surface area contributed by atoms with Crippen molar-refractivity contribution < 1.29 is 14.0 Å². The van der Waals surface area contributed by atoms with Gasteiger partial charge in [-0.3, -0.25) is 14.5 Å². The number of para-hydroxylation sites is 2. The van der Waals surface area contributed by atoms with Crippen LogP contribution in [0.3, 0.4) is 0 Å². The summed E-state index contributed by atoms with van der Waals surface area (Å²) in [4.78, 5) is 26.8. The molecule has 2 aromatic carbocycles. The lowest BCUT2D eigenvalue weighted by molar-refractivity contribution is -0.121. The maximum absolute atomic E-state index is 13.2. The molecule has 0 aliphatic carbocycles. The summed E-state index contributed by atoms with van der Waals surface area (Å²) >= 11 is 7.05. The number of fused-ring (bicyclic) bond motifs is 1. The number of benzene rings is 2. The topological polar surface area (TPSA) is 49.4 Å². The Kier molecular flexibility index (Phi) is 4.78. The number of rotatable bonds is 3. The molecule has 1 heterocycles. The van der Waals surface area contributed by atoms with Crippen LogP contribution in [0.5, 0.6) is 0 Å². The minimum absolute atomic E-state index is 0.0161. The van der Waals surface area contributed by atoms with E-state index in [1.807, 2.05) is 6.07 Å². The highest BCUT2D eigenvalue weighted by Crippen LogP contribution is 2.33. The third-order valence-electron chi connectivity index (χ3n) is 3.59. The lowest BCUT2D eigenvalue weighted by atomic mass is 10.2. The van der Waals surface area contributed by atoms with Crippen LogP contribution in [0.4, 0.5) is 15.8 Å². The van der Waals surface area contributed by atoms with Gasteiger partial charge in [-0.1, -0.05) is 23.7 Å². The van der Waals surface area contributed by atoms with Crippen LogP contribution >= 0.6 is 23.4 Å². The number of carbonyl (C=O) groups is 2. The monoisotopic (exact) mass is 364 g/mol. The fraction of sp³-hybridized carbons (Fsp3) is 0.176. The van der Waals surface area contributed by atoms with Crippen LogP contribution in [-0.4, -0.2) is 23.6 Å². The molecule has 2 amide bonds. The van der Waals surface area contributed by atoms with Gasteiger partial charge in [-0.15, -0.1) is 11.8 Å². The fourth-order valence-corrected chi connectivity index (χ4v) is 3.67. The zero-order chi connectivity index (χ0) is 17.3. The standard InChI is InChI=1S/C17H14ClFN2O2S/c1-10(24-11-6-7-13(19)12(18)8-11)17(23)21-9-16(22)20-14-4-2-3-5-15(14)21/h2-8,10H,9H2,1H3,(H,20,22)/t10-/m1/s1. The summed E-state index contributed by atoms with van der Waals surface area (Å²) in [6.07, 6.45) is 0. The Balaban J connectivity index is 1.80. The number of carbonyl (C=O) groups excluding carboxylic acids is 2. The Hall–Kier alpha value is -2.05. The second kappa shape index (κ2) is 6.83. The van der Waals surface area contributed by atoms with Crippen LogP contribution in [0.25, 0.3) is 0 Å². The van der Waals surface area contributed by atoms with E-state index in [1.54, 1.807) is 31.2 Å². The Labute approximate surface area is 148 Å². The summed E-state index contributed by atoms with van der Waals surface area (Å²) < 4.78 is 13.2. The predicted molar refractivity (Wildman–Crippen MR) is 94.2 cm³/mol. The maximum atomic E-state index is 13.2. The maximum Gasteiger partial charge on any atom is 0.244 e. The smallest absolute Gasteiger partial charge is 0.244 e. The Morgan fingerprint density at radius 2 is 2.08 bits per heavy atom. The van der Waals surface area contributed by atoms with Gasteiger partial charge in [0.25, 0.3) is 0 Å². The molecule has 0 fully saturated rings. The molecule has 0 spiro atoms. The molecule has 1 aliphatic rings. The van der Waals surface area contributed by atoms with Gasteiger partial charge in [-0.25, -0.2) is 4.39 Å². The van der Waals surface area contributed by atoms with Gasteiger partial charge in [0.2, 0.25) is 11.8 Å². The number of anilines is 2. The molecule has 4 nitrogen and oxygen atoms in total. The van der Waals surface area contributed by atoms with Crippen molar-refractivity contribution in [1.29, 1.82) is 0 Å². The molecule has 3 rings (SSSR count). The van der Waals surface area contributed by atoms with Gasteiger partial charge in [0.1, 0.15) is 12.4 Å². The van der Waals surface area contributed by atoms with E-state index in [2.05, 4.69) is 5.32 Å². The largest absolute Gasteiger partial charge is 0.323 e. The number of nitrogens with one attached hydrogen (secondary N) is 1. The van der Waals surface area contributed by atoms with E-state index in [9.17, 15) is 14.0 Å². The van der Waals surface area contributed by atoms with Gasteiger partial charge in [-0.05, 0) is 37.3 Å². The molecule has 24 heavy (non-hydrogen) atoms. The molecule has 0 saturated heterocycles. The summed E-state index contributed by atoms with van der Waals surface area (Å²) in [6.45, 7) is 1.73. The van der Waals surface area contributed by atoms with Crippen molar-refractivity contribution in [2.24, 2.45) is 0 Å². The number of thioether (sulfide) groups is 1. The van der Waals surface area contributed by atoms with Gasteiger partial charge in [0, 0.05) is 4.90 Å². The number of nitrogens with zero attached hydrogens (tertiary/aromatic N) is 1.